The van der Waals surface area contributed by atoms with E-state index in [1.54, 1.807) is 0 Å². The van der Waals surface area contributed by atoms with Gasteiger partial charge in [-0.25, -0.2) is 0 Å². The van der Waals surface area contributed by atoms with Crippen LogP contribution in [0.1, 0.15) is 89.9 Å². The second-order valence-corrected chi connectivity index (χ2v) is 11.5. The van der Waals surface area contributed by atoms with Gasteiger partial charge >= 0.3 is 23.9 Å². The van der Waals surface area contributed by atoms with Gasteiger partial charge in [0, 0.05) is 51.9 Å². The average molecular weight is 601 g/mol. The number of carboxylic acids is 4. The van der Waals surface area contributed by atoms with Gasteiger partial charge in [0.1, 0.15) is 0 Å². The van der Waals surface area contributed by atoms with Crippen LogP contribution in [0.5, 0.6) is 0 Å². The van der Waals surface area contributed by atoms with E-state index in [-0.39, 0.29) is 25.7 Å². The van der Waals surface area contributed by atoms with Gasteiger partial charge in [0.2, 0.25) is 0 Å². The van der Waals surface area contributed by atoms with Crippen LogP contribution in [-0.2, 0) is 19.2 Å². The van der Waals surface area contributed by atoms with Gasteiger partial charge in [-0.2, -0.15) is 0 Å². The van der Waals surface area contributed by atoms with Crippen molar-refractivity contribution in [2.45, 2.75) is 89.9 Å². The number of rotatable bonds is 20. The van der Waals surface area contributed by atoms with Gasteiger partial charge in [0.05, 0.1) is 0 Å². The summed E-state index contributed by atoms with van der Waals surface area (Å²) >= 11 is 0. The number of carbonyl (C=O) groups is 4. The zero-order valence-corrected chi connectivity index (χ0v) is 25.6. The molecule has 244 valence electrons. The van der Waals surface area contributed by atoms with Crippen molar-refractivity contribution in [3.63, 3.8) is 0 Å². The molecule has 4 N–H and O–H groups in total. The summed E-state index contributed by atoms with van der Waals surface area (Å²) in [6.45, 7) is 10.5. The minimum absolute atomic E-state index is 0.181. The van der Waals surface area contributed by atoms with E-state index < -0.39 is 23.9 Å². The van der Waals surface area contributed by atoms with Gasteiger partial charge in [-0.05, 0) is 117 Å². The summed E-state index contributed by atoms with van der Waals surface area (Å²) in [7, 11) is 0. The summed E-state index contributed by atoms with van der Waals surface area (Å²) in [6.07, 6.45) is 8.62. The minimum Gasteiger partial charge on any atom is -0.481 e. The lowest BCUT2D eigenvalue weighted by Crippen LogP contribution is -2.42. The highest BCUT2D eigenvalue weighted by molar-refractivity contribution is 5.67. The molecule has 0 aromatic heterocycles. The first-order valence-corrected chi connectivity index (χ1v) is 15.9. The van der Waals surface area contributed by atoms with Crippen LogP contribution in [0.4, 0.5) is 0 Å². The summed E-state index contributed by atoms with van der Waals surface area (Å²) in [4.78, 5) is 53.5. The van der Waals surface area contributed by atoms with Crippen molar-refractivity contribution in [1.29, 1.82) is 0 Å². The van der Waals surface area contributed by atoms with Crippen molar-refractivity contribution in [1.82, 2.24) is 19.6 Å². The van der Waals surface area contributed by atoms with Gasteiger partial charge in [-0.3, -0.25) is 19.2 Å². The number of hydrogen-bond acceptors (Lipinski definition) is 8. The monoisotopic (exact) mass is 600 g/mol. The average Bonchev–Trinajstić information content (AvgIpc) is 2.92. The van der Waals surface area contributed by atoms with Crippen LogP contribution in [0.25, 0.3) is 0 Å². The van der Waals surface area contributed by atoms with Crippen LogP contribution in [0, 0.1) is 0 Å². The maximum absolute atomic E-state index is 11.0. The molecular weight excluding hydrogens is 544 g/mol. The van der Waals surface area contributed by atoms with Crippen LogP contribution in [0.15, 0.2) is 0 Å². The van der Waals surface area contributed by atoms with Crippen LogP contribution < -0.4 is 0 Å². The molecule has 12 nitrogen and oxygen atoms in total. The van der Waals surface area contributed by atoms with Crippen molar-refractivity contribution in [3.05, 3.63) is 0 Å². The summed E-state index contributed by atoms with van der Waals surface area (Å²) in [5, 5.41) is 36.0. The molecule has 0 aromatic rings. The van der Waals surface area contributed by atoms with Crippen LogP contribution in [-0.4, -0.2) is 142 Å². The lowest BCUT2D eigenvalue weighted by atomic mass is 10.2. The molecule has 0 saturated carbocycles. The molecule has 0 amide bonds. The molecule has 1 rings (SSSR count). The van der Waals surface area contributed by atoms with Crippen LogP contribution in [0.2, 0.25) is 0 Å². The Morgan fingerprint density at radius 2 is 0.571 bits per heavy atom. The molecule has 1 aliphatic rings. The van der Waals surface area contributed by atoms with E-state index in [0.29, 0.717) is 25.7 Å². The Hall–Kier alpha value is -2.28. The van der Waals surface area contributed by atoms with E-state index in [9.17, 15) is 19.2 Å². The van der Waals surface area contributed by atoms with E-state index in [4.69, 9.17) is 20.4 Å². The highest BCUT2D eigenvalue weighted by Crippen LogP contribution is 2.09. The molecule has 1 aliphatic heterocycles. The molecule has 0 unspecified atom stereocenters. The fourth-order valence-corrected chi connectivity index (χ4v) is 5.39. The Labute approximate surface area is 251 Å². The zero-order valence-electron chi connectivity index (χ0n) is 25.6. The fraction of sp³-hybridized carbons (Fsp3) is 0.867. The normalized spacial score (nSPS) is 17.5. The smallest absolute Gasteiger partial charge is 0.303 e. The van der Waals surface area contributed by atoms with E-state index in [1.165, 1.54) is 0 Å². The van der Waals surface area contributed by atoms with Gasteiger partial charge in [0.25, 0.3) is 0 Å². The maximum atomic E-state index is 11.0. The second-order valence-electron chi connectivity index (χ2n) is 11.5. The lowest BCUT2D eigenvalue weighted by Gasteiger charge is -2.32. The largest absolute Gasteiger partial charge is 0.481 e. The molecule has 0 aliphatic carbocycles. The maximum Gasteiger partial charge on any atom is 0.303 e. The highest BCUT2D eigenvalue weighted by atomic mass is 16.4. The number of hydrogen-bond donors (Lipinski definition) is 4. The quantitative estimate of drug-likeness (QED) is 0.151. The first-order valence-electron chi connectivity index (χ1n) is 15.9. The van der Waals surface area contributed by atoms with Gasteiger partial charge in [-0.1, -0.05) is 0 Å². The van der Waals surface area contributed by atoms with Crippen molar-refractivity contribution < 1.29 is 39.6 Å². The third-order valence-corrected chi connectivity index (χ3v) is 7.82. The lowest BCUT2D eigenvalue weighted by molar-refractivity contribution is -0.138. The molecule has 0 spiro atoms. The highest BCUT2D eigenvalue weighted by Gasteiger charge is 2.15. The number of aliphatic carboxylic acids is 4. The van der Waals surface area contributed by atoms with Crippen LogP contribution >= 0.6 is 0 Å². The molecule has 1 fully saturated rings. The first-order chi connectivity index (χ1) is 20.2. The third kappa shape index (κ3) is 22.3. The molecule has 0 bridgehead atoms. The minimum atomic E-state index is -0.766. The predicted octanol–water partition coefficient (Wildman–Crippen LogP) is 3.01. The molecule has 1 heterocycles. The van der Waals surface area contributed by atoms with E-state index >= 15 is 0 Å². The standard InChI is InChI=1S/C30H56N4O8/c35-27(36)11-1-5-15-31-19-9-20-33(17-7-3-13-29(39)40)25-26-34(18-8-4-14-30(41)42)22-10-21-32(24-23-31)16-6-2-12-28(37)38/h1-26H2,(H,35,36)(H,37,38)(H,39,40)(H,41,42). The predicted molar refractivity (Wildman–Crippen MR) is 161 cm³/mol. The SMILES string of the molecule is O=C(O)CCCCN1CCCN(CCCCC(=O)O)CCN(CCCCC(=O)O)CCCN(CCCCC(=O)O)CC1. The number of unbranched alkanes of at least 4 members (excludes halogenated alkanes) is 4. The zero-order chi connectivity index (χ0) is 31.0. The molecule has 12 heteroatoms. The molecule has 0 radical (unpaired) electrons. The Morgan fingerprint density at radius 3 is 0.762 bits per heavy atom. The van der Waals surface area contributed by atoms with Gasteiger partial charge in [-0.15, -0.1) is 0 Å². The Bertz CT molecular complexity index is 648. The Kier molecular flexibility index (Phi) is 21.7. The second kappa shape index (κ2) is 24.2. The van der Waals surface area contributed by atoms with Crippen molar-refractivity contribution in [2.24, 2.45) is 0 Å². The summed E-state index contributed by atoms with van der Waals surface area (Å²) in [6, 6.07) is 0. The van der Waals surface area contributed by atoms with Crippen LogP contribution in [0.3, 0.4) is 0 Å². The summed E-state index contributed by atoms with van der Waals surface area (Å²) in [5.41, 5.74) is 0. The number of nitrogens with zero attached hydrogens (tertiary/aromatic N) is 4. The van der Waals surface area contributed by atoms with E-state index in [0.717, 1.165) is 117 Å². The van der Waals surface area contributed by atoms with Crippen molar-refractivity contribution in [3.8, 4) is 0 Å². The van der Waals surface area contributed by atoms with Crippen molar-refractivity contribution >= 4 is 23.9 Å². The van der Waals surface area contributed by atoms with E-state index in [2.05, 4.69) is 19.6 Å². The van der Waals surface area contributed by atoms with E-state index in [1.807, 2.05) is 0 Å². The van der Waals surface area contributed by atoms with Gasteiger partial charge < -0.3 is 40.0 Å². The number of carboxylic acid groups (broad SMARTS) is 4. The van der Waals surface area contributed by atoms with Gasteiger partial charge in [0.15, 0.2) is 0 Å². The topological polar surface area (TPSA) is 162 Å². The Balaban J connectivity index is 2.86. The molecule has 42 heavy (non-hydrogen) atoms. The summed E-state index contributed by atoms with van der Waals surface area (Å²) < 4.78 is 0. The summed E-state index contributed by atoms with van der Waals surface area (Å²) in [5.74, 6) is -3.06. The Morgan fingerprint density at radius 1 is 0.357 bits per heavy atom. The third-order valence-electron chi connectivity index (χ3n) is 7.82. The molecule has 0 aromatic carbocycles. The first kappa shape index (κ1) is 37.7. The molecule has 0 atom stereocenters. The molecular formula is C30H56N4O8. The van der Waals surface area contributed by atoms with Crippen molar-refractivity contribution in [2.75, 3.05) is 78.5 Å². The fourth-order valence-electron chi connectivity index (χ4n) is 5.39. The molecule has 1 saturated heterocycles.